The summed E-state index contributed by atoms with van der Waals surface area (Å²) in [5.41, 5.74) is 1.04. The highest BCUT2D eigenvalue weighted by Gasteiger charge is 2.21. The van der Waals surface area contributed by atoms with E-state index in [0.29, 0.717) is 10.6 Å². The molecule has 2 aromatic carbocycles. The third-order valence-electron chi connectivity index (χ3n) is 4.53. The number of thiophene rings is 1. The van der Waals surface area contributed by atoms with Gasteiger partial charge in [-0.2, -0.15) is 5.26 Å². The molecular formula is C24H22N2O3S. The Bertz CT molecular complexity index is 1160. The molecule has 3 aromatic rings. The number of nitriles is 1. The van der Waals surface area contributed by atoms with Crippen molar-refractivity contribution in [1.82, 2.24) is 0 Å². The fourth-order valence-corrected chi connectivity index (χ4v) is 4.04. The van der Waals surface area contributed by atoms with Crippen molar-refractivity contribution in [3.8, 4) is 6.07 Å². The number of benzene rings is 2. The molecule has 0 spiro atoms. The first kappa shape index (κ1) is 21.3. The van der Waals surface area contributed by atoms with Crippen LogP contribution in [0.3, 0.4) is 0 Å². The van der Waals surface area contributed by atoms with Crippen molar-refractivity contribution in [3.05, 3.63) is 70.1 Å². The van der Waals surface area contributed by atoms with Gasteiger partial charge in [-0.15, -0.1) is 11.3 Å². The lowest BCUT2D eigenvalue weighted by molar-refractivity contribution is -0.112. The van der Waals surface area contributed by atoms with Gasteiger partial charge in [-0.05, 0) is 41.3 Å². The van der Waals surface area contributed by atoms with Gasteiger partial charge in [0.15, 0.2) is 0 Å². The number of esters is 1. The van der Waals surface area contributed by atoms with E-state index in [2.05, 4.69) is 5.32 Å². The first-order valence-corrected chi connectivity index (χ1v) is 10.5. The van der Waals surface area contributed by atoms with Crippen LogP contribution < -0.4 is 5.32 Å². The minimum absolute atomic E-state index is 0.0411. The summed E-state index contributed by atoms with van der Waals surface area (Å²) in [6, 6.07) is 17.2. The summed E-state index contributed by atoms with van der Waals surface area (Å²) in [4.78, 5) is 26.1. The summed E-state index contributed by atoms with van der Waals surface area (Å²) >= 11 is 1.32. The minimum Gasteiger partial charge on any atom is -0.462 e. The molecule has 6 heteroatoms. The number of ether oxygens (including phenoxy) is 1. The second-order valence-electron chi connectivity index (χ2n) is 6.96. The number of carbonyl (C=O) groups excluding carboxylic acids is 2. The molecule has 0 saturated carbocycles. The standard InChI is InChI=1S/C24H22N2O3S/c1-4-29-24(28)20-13-21(15(2)3)30-23(20)26-22(27)18(14-25)12-17-10-7-9-16-8-5-6-11-19(16)17/h5-13,15H,4H2,1-3H3,(H,26,27)/b18-12+. The van der Waals surface area contributed by atoms with E-state index in [-0.39, 0.29) is 18.1 Å². The molecule has 0 saturated heterocycles. The molecule has 0 aliphatic carbocycles. The van der Waals surface area contributed by atoms with Gasteiger partial charge in [0.1, 0.15) is 16.6 Å². The number of amides is 1. The third kappa shape index (κ3) is 4.58. The number of nitrogens with zero attached hydrogens (tertiary/aromatic N) is 1. The molecule has 0 unspecified atom stereocenters. The Hall–Kier alpha value is -3.43. The van der Waals surface area contributed by atoms with Crippen LogP contribution in [0.1, 0.15) is 47.5 Å². The van der Waals surface area contributed by atoms with Gasteiger partial charge in [0.05, 0.1) is 12.2 Å². The van der Waals surface area contributed by atoms with Crippen LogP contribution in [-0.4, -0.2) is 18.5 Å². The van der Waals surface area contributed by atoms with Gasteiger partial charge in [-0.1, -0.05) is 56.3 Å². The van der Waals surface area contributed by atoms with E-state index in [4.69, 9.17) is 4.74 Å². The molecule has 1 aromatic heterocycles. The monoisotopic (exact) mass is 418 g/mol. The highest BCUT2D eigenvalue weighted by Crippen LogP contribution is 2.34. The summed E-state index contributed by atoms with van der Waals surface area (Å²) in [7, 11) is 0. The molecule has 0 fully saturated rings. The topological polar surface area (TPSA) is 79.2 Å². The van der Waals surface area contributed by atoms with Gasteiger partial charge in [-0.25, -0.2) is 4.79 Å². The van der Waals surface area contributed by atoms with Gasteiger partial charge in [0, 0.05) is 4.88 Å². The zero-order valence-corrected chi connectivity index (χ0v) is 17.9. The van der Waals surface area contributed by atoms with Crippen LogP contribution in [0.5, 0.6) is 0 Å². The smallest absolute Gasteiger partial charge is 0.341 e. The average molecular weight is 419 g/mol. The van der Waals surface area contributed by atoms with Gasteiger partial charge in [0.2, 0.25) is 0 Å². The highest BCUT2D eigenvalue weighted by molar-refractivity contribution is 7.16. The predicted octanol–water partition coefficient (Wildman–Crippen LogP) is 5.75. The molecule has 0 radical (unpaired) electrons. The van der Waals surface area contributed by atoms with Crippen molar-refractivity contribution in [2.24, 2.45) is 0 Å². The number of hydrogen-bond donors (Lipinski definition) is 1. The van der Waals surface area contributed by atoms with Crippen molar-refractivity contribution in [2.75, 3.05) is 11.9 Å². The van der Waals surface area contributed by atoms with Crippen LogP contribution in [0.15, 0.2) is 54.1 Å². The SMILES string of the molecule is CCOC(=O)c1cc(C(C)C)sc1NC(=O)/C(C#N)=C/c1cccc2ccccc12. The maximum absolute atomic E-state index is 12.8. The molecule has 30 heavy (non-hydrogen) atoms. The van der Waals surface area contributed by atoms with E-state index >= 15 is 0 Å². The number of rotatable bonds is 6. The summed E-state index contributed by atoms with van der Waals surface area (Å²) in [5, 5.41) is 14.7. The third-order valence-corrected chi connectivity index (χ3v) is 5.88. The Labute approximate surface area is 179 Å². The second kappa shape index (κ2) is 9.38. The number of anilines is 1. The fraction of sp³-hybridized carbons (Fsp3) is 0.208. The predicted molar refractivity (Wildman–Crippen MR) is 121 cm³/mol. The van der Waals surface area contributed by atoms with Crippen molar-refractivity contribution in [2.45, 2.75) is 26.7 Å². The van der Waals surface area contributed by atoms with E-state index in [0.717, 1.165) is 21.2 Å². The summed E-state index contributed by atoms with van der Waals surface area (Å²) in [5.74, 6) is -0.865. The van der Waals surface area contributed by atoms with E-state index in [9.17, 15) is 14.9 Å². The maximum Gasteiger partial charge on any atom is 0.341 e. The van der Waals surface area contributed by atoms with Crippen LogP contribution in [0.2, 0.25) is 0 Å². The number of nitrogens with one attached hydrogen (secondary N) is 1. The zero-order valence-electron chi connectivity index (χ0n) is 17.1. The zero-order chi connectivity index (χ0) is 21.7. The first-order valence-electron chi connectivity index (χ1n) is 9.66. The summed E-state index contributed by atoms with van der Waals surface area (Å²) in [6.07, 6.45) is 1.57. The van der Waals surface area contributed by atoms with E-state index in [1.165, 1.54) is 11.3 Å². The van der Waals surface area contributed by atoms with Crippen molar-refractivity contribution >= 4 is 45.1 Å². The lowest BCUT2D eigenvalue weighted by Gasteiger charge is -2.06. The number of hydrogen-bond acceptors (Lipinski definition) is 5. The Balaban J connectivity index is 1.95. The molecular weight excluding hydrogens is 396 g/mol. The lowest BCUT2D eigenvalue weighted by Crippen LogP contribution is -2.15. The molecule has 1 N–H and O–H groups in total. The Morgan fingerprint density at radius 3 is 2.63 bits per heavy atom. The van der Waals surface area contributed by atoms with Crippen molar-refractivity contribution in [3.63, 3.8) is 0 Å². The number of carbonyl (C=O) groups is 2. The number of fused-ring (bicyclic) bond motifs is 1. The first-order chi connectivity index (χ1) is 14.4. The molecule has 1 heterocycles. The molecule has 0 atom stereocenters. The Morgan fingerprint density at radius 1 is 1.20 bits per heavy atom. The van der Waals surface area contributed by atoms with Crippen LogP contribution in [0, 0.1) is 11.3 Å². The lowest BCUT2D eigenvalue weighted by atomic mass is 10.0. The van der Waals surface area contributed by atoms with Gasteiger partial charge in [-0.3, -0.25) is 4.79 Å². The van der Waals surface area contributed by atoms with Crippen LogP contribution in [-0.2, 0) is 9.53 Å². The Kier molecular flexibility index (Phi) is 6.65. The average Bonchev–Trinajstić information content (AvgIpc) is 3.16. The summed E-state index contributed by atoms with van der Waals surface area (Å²) < 4.78 is 5.11. The van der Waals surface area contributed by atoms with E-state index < -0.39 is 11.9 Å². The van der Waals surface area contributed by atoms with Crippen LogP contribution >= 0.6 is 11.3 Å². The minimum atomic E-state index is -0.562. The largest absolute Gasteiger partial charge is 0.462 e. The highest BCUT2D eigenvalue weighted by atomic mass is 32.1. The quantitative estimate of drug-likeness (QED) is 0.314. The molecule has 152 valence electrons. The Morgan fingerprint density at radius 2 is 1.93 bits per heavy atom. The van der Waals surface area contributed by atoms with Crippen LogP contribution in [0.25, 0.3) is 16.8 Å². The molecule has 3 rings (SSSR count). The fourth-order valence-electron chi connectivity index (χ4n) is 3.00. The molecule has 0 aliphatic rings. The van der Waals surface area contributed by atoms with Crippen molar-refractivity contribution < 1.29 is 14.3 Å². The summed E-state index contributed by atoms with van der Waals surface area (Å²) in [6.45, 7) is 5.98. The molecule has 5 nitrogen and oxygen atoms in total. The van der Waals surface area contributed by atoms with Crippen LogP contribution in [0.4, 0.5) is 5.00 Å². The normalized spacial score (nSPS) is 11.4. The van der Waals surface area contributed by atoms with Crippen molar-refractivity contribution in [1.29, 1.82) is 5.26 Å². The molecule has 1 amide bonds. The van der Waals surface area contributed by atoms with Gasteiger partial charge >= 0.3 is 5.97 Å². The maximum atomic E-state index is 12.8. The van der Waals surface area contributed by atoms with E-state index in [1.807, 2.05) is 62.4 Å². The van der Waals surface area contributed by atoms with E-state index in [1.54, 1.807) is 19.1 Å². The van der Waals surface area contributed by atoms with Gasteiger partial charge in [0.25, 0.3) is 5.91 Å². The molecule has 0 aliphatic heterocycles. The molecule has 0 bridgehead atoms. The second-order valence-corrected chi connectivity index (χ2v) is 8.04. The van der Waals surface area contributed by atoms with Gasteiger partial charge < -0.3 is 10.1 Å².